The van der Waals surface area contributed by atoms with Crippen LogP contribution in [-0.2, 0) is 13.7 Å². The van der Waals surface area contributed by atoms with E-state index in [2.05, 4.69) is 5.10 Å². The van der Waals surface area contributed by atoms with Gasteiger partial charge in [0.1, 0.15) is 11.6 Å². The summed E-state index contributed by atoms with van der Waals surface area (Å²) in [5, 5.41) is 4.28. The fourth-order valence-electron chi connectivity index (χ4n) is 2.27. The van der Waals surface area contributed by atoms with Crippen LogP contribution in [0.15, 0.2) is 18.2 Å². The lowest BCUT2D eigenvalue weighted by molar-refractivity contribution is 0.174. The maximum absolute atomic E-state index is 5.83. The third-order valence-corrected chi connectivity index (χ3v) is 3.43. The van der Waals surface area contributed by atoms with Gasteiger partial charge in [-0.05, 0) is 24.6 Å². The lowest BCUT2D eigenvalue weighted by atomic mass is 10.2. The lowest BCUT2D eigenvalue weighted by Crippen LogP contribution is -2.12. The maximum Gasteiger partial charge on any atom is 0.231 e. The van der Waals surface area contributed by atoms with E-state index >= 15 is 0 Å². The summed E-state index contributed by atoms with van der Waals surface area (Å²) in [7, 11) is 1.80. The van der Waals surface area contributed by atoms with Crippen molar-refractivity contribution in [3.05, 3.63) is 35.0 Å². The molecule has 6 nitrogen and oxygen atoms in total. The van der Waals surface area contributed by atoms with Crippen molar-refractivity contribution in [3.8, 4) is 17.4 Å². The number of hydrogen-bond acceptors (Lipinski definition) is 5. The number of thiocarbonyl (C=S) groups is 1. The van der Waals surface area contributed by atoms with E-state index in [0.717, 1.165) is 22.8 Å². The SMILES string of the molecule is Cc1nn(C)c(OCc2ccc3c(c2)OCO3)c1C(N)=S. The molecule has 1 aliphatic heterocycles. The number of benzene rings is 1. The number of rotatable bonds is 4. The van der Waals surface area contributed by atoms with Crippen LogP contribution < -0.4 is 19.9 Å². The third-order valence-electron chi connectivity index (χ3n) is 3.23. The van der Waals surface area contributed by atoms with Gasteiger partial charge in [-0.15, -0.1) is 0 Å². The zero-order chi connectivity index (χ0) is 15.0. The number of hydrogen-bond donors (Lipinski definition) is 1. The van der Waals surface area contributed by atoms with Gasteiger partial charge in [-0.3, -0.25) is 0 Å². The Bertz CT molecular complexity index is 712. The molecule has 0 saturated heterocycles. The van der Waals surface area contributed by atoms with E-state index in [0.29, 0.717) is 18.1 Å². The summed E-state index contributed by atoms with van der Waals surface area (Å²) in [4.78, 5) is 0.279. The van der Waals surface area contributed by atoms with Gasteiger partial charge in [-0.25, -0.2) is 4.68 Å². The van der Waals surface area contributed by atoms with Crippen molar-refractivity contribution >= 4 is 17.2 Å². The average molecular weight is 305 g/mol. The van der Waals surface area contributed by atoms with E-state index in [1.807, 2.05) is 25.1 Å². The Morgan fingerprint density at radius 3 is 2.95 bits per heavy atom. The van der Waals surface area contributed by atoms with Gasteiger partial charge in [0.15, 0.2) is 11.5 Å². The largest absolute Gasteiger partial charge is 0.472 e. The van der Waals surface area contributed by atoms with Crippen LogP contribution in [0.3, 0.4) is 0 Å². The van der Waals surface area contributed by atoms with Gasteiger partial charge >= 0.3 is 0 Å². The highest BCUT2D eigenvalue weighted by Gasteiger charge is 2.18. The van der Waals surface area contributed by atoms with Crippen molar-refractivity contribution in [2.45, 2.75) is 13.5 Å². The molecule has 2 heterocycles. The number of fused-ring (bicyclic) bond motifs is 1. The Hall–Kier alpha value is -2.28. The van der Waals surface area contributed by atoms with Crippen molar-refractivity contribution < 1.29 is 14.2 Å². The van der Waals surface area contributed by atoms with Gasteiger partial charge in [-0.1, -0.05) is 18.3 Å². The molecular weight excluding hydrogens is 290 g/mol. The summed E-state index contributed by atoms with van der Waals surface area (Å²) in [6.07, 6.45) is 0. The van der Waals surface area contributed by atoms with Crippen molar-refractivity contribution in [1.29, 1.82) is 0 Å². The predicted octanol–water partition coefficient (Wildman–Crippen LogP) is 1.67. The van der Waals surface area contributed by atoms with Crippen LogP contribution in [0.4, 0.5) is 0 Å². The molecule has 2 N–H and O–H groups in total. The topological polar surface area (TPSA) is 71.5 Å². The van der Waals surface area contributed by atoms with Crippen molar-refractivity contribution in [2.75, 3.05) is 6.79 Å². The second kappa shape index (κ2) is 5.25. The first kappa shape index (κ1) is 13.7. The Morgan fingerprint density at radius 2 is 2.19 bits per heavy atom. The summed E-state index contributed by atoms with van der Waals surface area (Å²) < 4.78 is 18.1. The monoisotopic (exact) mass is 305 g/mol. The van der Waals surface area contributed by atoms with Crippen LogP contribution in [0.5, 0.6) is 17.4 Å². The molecule has 1 aliphatic rings. The Balaban J connectivity index is 1.81. The lowest BCUT2D eigenvalue weighted by Gasteiger charge is -2.09. The molecule has 0 radical (unpaired) electrons. The zero-order valence-corrected chi connectivity index (χ0v) is 12.6. The normalized spacial score (nSPS) is 12.5. The molecule has 7 heteroatoms. The van der Waals surface area contributed by atoms with Gasteiger partial charge in [0, 0.05) is 7.05 Å². The van der Waals surface area contributed by atoms with Crippen LogP contribution in [-0.4, -0.2) is 21.6 Å². The van der Waals surface area contributed by atoms with E-state index in [1.54, 1.807) is 11.7 Å². The molecule has 0 spiro atoms. The van der Waals surface area contributed by atoms with Crippen molar-refractivity contribution in [3.63, 3.8) is 0 Å². The molecule has 0 amide bonds. The molecule has 0 bridgehead atoms. The summed E-state index contributed by atoms with van der Waals surface area (Å²) >= 11 is 5.05. The zero-order valence-electron chi connectivity index (χ0n) is 11.8. The molecule has 0 fully saturated rings. The summed E-state index contributed by atoms with van der Waals surface area (Å²) in [5.41, 5.74) is 8.13. The van der Waals surface area contributed by atoms with Gasteiger partial charge < -0.3 is 19.9 Å². The van der Waals surface area contributed by atoms with Crippen LogP contribution >= 0.6 is 12.2 Å². The minimum atomic E-state index is 0.256. The van der Waals surface area contributed by atoms with Crippen molar-refractivity contribution in [1.82, 2.24) is 9.78 Å². The Morgan fingerprint density at radius 1 is 1.43 bits per heavy atom. The molecule has 110 valence electrons. The second-order valence-electron chi connectivity index (χ2n) is 4.73. The second-order valence-corrected chi connectivity index (χ2v) is 5.17. The highest BCUT2D eigenvalue weighted by molar-refractivity contribution is 7.80. The summed E-state index contributed by atoms with van der Waals surface area (Å²) in [5.74, 6) is 2.04. The van der Waals surface area contributed by atoms with E-state index in [-0.39, 0.29) is 11.8 Å². The fraction of sp³-hybridized carbons (Fsp3) is 0.286. The predicted molar refractivity (Wildman–Crippen MR) is 80.7 cm³/mol. The third kappa shape index (κ3) is 2.52. The molecule has 0 aliphatic carbocycles. The molecule has 0 atom stereocenters. The van der Waals surface area contributed by atoms with E-state index in [1.165, 1.54) is 0 Å². The minimum Gasteiger partial charge on any atom is -0.472 e. The van der Waals surface area contributed by atoms with Crippen LogP contribution in [0.1, 0.15) is 16.8 Å². The van der Waals surface area contributed by atoms with Crippen LogP contribution in [0.2, 0.25) is 0 Å². The smallest absolute Gasteiger partial charge is 0.231 e. The number of ether oxygens (including phenoxy) is 3. The fourth-order valence-corrected chi connectivity index (χ4v) is 2.50. The van der Waals surface area contributed by atoms with Gasteiger partial charge in [-0.2, -0.15) is 5.10 Å². The number of nitrogens with zero attached hydrogens (tertiary/aromatic N) is 2. The number of aromatic nitrogens is 2. The van der Waals surface area contributed by atoms with E-state index in [9.17, 15) is 0 Å². The first-order valence-electron chi connectivity index (χ1n) is 6.41. The van der Waals surface area contributed by atoms with Gasteiger partial charge in [0.25, 0.3) is 0 Å². The summed E-state index contributed by atoms with van der Waals surface area (Å²) in [6, 6.07) is 5.69. The standard InChI is InChI=1S/C14H15N3O3S/c1-8-12(13(15)21)14(17(2)16-8)18-6-9-3-4-10-11(5-9)20-7-19-10/h3-5H,6-7H2,1-2H3,(H2,15,21). The van der Waals surface area contributed by atoms with Crippen LogP contribution in [0, 0.1) is 6.92 Å². The maximum atomic E-state index is 5.83. The molecule has 3 rings (SSSR count). The first-order chi connectivity index (χ1) is 10.1. The molecule has 1 aromatic heterocycles. The molecule has 21 heavy (non-hydrogen) atoms. The molecule has 0 unspecified atom stereocenters. The van der Waals surface area contributed by atoms with Crippen molar-refractivity contribution in [2.24, 2.45) is 12.8 Å². The van der Waals surface area contributed by atoms with Crippen LogP contribution in [0.25, 0.3) is 0 Å². The molecule has 0 saturated carbocycles. The minimum absolute atomic E-state index is 0.256. The van der Waals surface area contributed by atoms with Gasteiger partial charge in [0.2, 0.25) is 12.7 Å². The Labute approximate surface area is 127 Å². The average Bonchev–Trinajstić information content (AvgIpc) is 2.99. The quantitative estimate of drug-likeness (QED) is 0.866. The Kier molecular flexibility index (Phi) is 3.42. The highest BCUT2D eigenvalue weighted by atomic mass is 32.1. The van der Waals surface area contributed by atoms with E-state index in [4.69, 9.17) is 32.2 Å². The first-order valence-corrected chi connectivity index (χ1v) is 6.82. The molecular formula is C14H15N3O3S. The molecule has 2 aromatic rings. The molecule has 1 aromatic carbocycles. The van der Waals surface area contributed by atoms with Gasteiger partial charge in [0.05, 0.1) is 11.3 Å². The number of aryl methyl sites for hydroxylation is 2. The number of nitrogens with two attached hydrogens (primary N) is 1. The van der Waals surface area contributed by atoms with E-state index < -0.39 is 0 Å². The summed E-state index contributed by atoms with van der Waals surface area (Å²) in [6.45, 7) is 2.47. The highest BCUT2D eigenvalue weighted by Crippen LogP contribution is 2.33.